The first kappa shape index (κ1) is 24.5. The Kier molecular flexibility index (Phi) is 7.19. The average Bonchev–Trinajstić information content (AvgIpc) is 3.32. The van der Waals surface area contributed by atoms with Gasteiger partial charge in [0.2, 0.25) is 15.9 Å². The van der Waals surface area contributed by atoms with E-state index in [-0.39, 0.29) is 17.9 Å². The minimum absolute atomic E-state index is 0.0367. The van der Waals surface area contributed by atoms with Gasteiger partial charge in [-0.1, -0.05) is 17.7 Å². The van der Waals surface area contributed by atoms with E-state index in [9.17, 15) is 13.2 Å². The van der Waals surface area contributed by atoms with Crippen LogP contribution in [0.4, 0.5) is 0 Å². The molecule has 0 unspecified atom stereocenters. The number of hydrogen-bond donors (Lipinski definition) is 0. The number of rotatable bonds is 6. The molecule has 2 fully saturated rings. The number of carbonyl (C=O) groups is 1. The second-order valence-corrected chi connectivity index (χ2v) is 11.2. The Bertz CT molecular complexity index is 1160. The second-order valence-electron chi connectivity index (χ2n) is 9.24. The summed E-state index contributed by atoms with van der Waals surface area (Å²) in [5, 5.41) is 0. The first-order valence-corrected chi connectivity index (χ1v) is 13.3. The molecule has 2 aromatic carbocycles. The van der Waals surface area contributed by atoms with Crippen LogP contribution in [0.3, 0.4) is 0 Å². The van der Waals surface area contributed by atoms with Gasteiger partial charge < -0.3 is 14.4 Å². The van der Waals surface area contributed by atoms with Crippen molar-refractivity contribution >= 4 is 15.9 Å². The number of carbonyl (C=O) groups excluding carboxylic acids is 1. The molecule has 0 bridgehead atoms. The van der Waals surface area contributed by atoms with E-state index in [0.29, 0.717) is 43.1 Å². The molecule has 1 amide bonds. The van der Waals surface area contributed by atoms with Crippen LogP contribution in [0, 0.1) is 19.8 Å². The maximum Gasteiger partial charge on any atom is 0.243 e. The molecule has 4 rings (SSSR count). The summed E-state index contributed by atoms with van der Waals surface area (Å²) in [4.78, 5) is 15.8. The molecule has 0 saturated carbocycles. The number of sulfonamides is 1. The van der Waals surface area contributed by atoms with Gasteiger partial charge in [0, 0.05) is 37.2 Å². The van der Waals surface area contributed by atoms with Gasteiger partial charge in [-0.15, -0.1) is 0 Å². The summed E-state index contributed by atoms with van der Waals surface area (Å²) in [6, 6.07) is 11.1. The molecule has 184 valence electrons. The number of ether oxygens (including phenoxy) is 2. The summed E-state index contributed by atoms with van der Waals surface area (Å²) in [5.41, 5.74) is 2.78. The van der Waals surface area contributed by atoms with Gasteiger partial charge in [0.25, 0.3) is 0 Å². The zero-order chi connectivity index (χ0) is 24.5. The lowest BCUT2D eigenvalue weighted by Gasteiger charge is -2.35. The van der Waals surface area contributed by atoms with E-state index < -0.39 is 10.0 Å². The van der Waals surface area contributed by atoms with Crippen LogP contribution in [-0.2, 0) is 14.8 Å². The summed E-state index contributed by atoms with van der Waals surface area (Å²) in [7, 11) is -0.319. The Morgan fingerprint density at radius 1 is 0.941 bits per heavy atom. The molecular weight excluding hydrogens is 452 g/mol. The molecule has 8 heteroatoms. The SMILES string of the molecule is COc1ccc([C@H]2CCCN2C(=O)C2CCN(S(=O)(=O)c3ccc(C)cc3C)CC2)c(OC)c1. The molecule has 1 atom stereocenters. The summed E-state index contributed by atoms with van der Waals surface area (Å²) in [6.45, 7) is 5.21. The molecule has 0 aliphatic carbocycles. The molecule has 0 radical (unpaired) electrons. The van der Waals surface area contributed by atoms with E-state index in [1.165, 1.54) is 4.31 Å². The lowest BCUT2D eigenvalue weighted by atomic mass is 9.95. The number of likely N-dealkylation sites (tertiary alicyclic amines) is 1. The van der Waals surface area contributed by atoms with Crippen molar-refractivity contribution in [3.05, 3.63) is 53.1 Å². The molecule has 2 aliphatic rings. The number of amides is 1. The topological polar surface area (TPSA) is 76.2 Å². The van der Waals surface area contributed by atoms with E-state index in [1.54, 1.807) is 20.3 Å². The lowest BCUT2D eigenvalue weighted by molar-refractivity contribution is -0.137. The summed E-state index contributed by atoms with van der Waals surface area (Å²) in [5.74, 6) is 1.38. The van der Waals surface area contributed by atoms with Gasteiger partial charge in [-0.2, -0.15) is 4.31 Å². The molecule has 0 aromatic heterocycles. The largest absolute Gasteiger partial charge is 0.497 e. The van der Waals surface area contributed by atoms with Crippen LogP contribution in [0.2, 0.25) is 0 Å². The molecule has 0 spiro atoms. The fourth-order valence-corrected chi connectivity index (χ4v) is 6.93. The Labute approximate surface area is 202 Å². The van der Waals surface area contributed by atoms with Crippen LogP contribution in [0.1, 0.15) is 48.4 Å². The highest BCUT2D eigenvalue weighted by Crippen LogP contribution is 2.40. The third-order valence-electron chi connectivity index (χ3n) is 7.09. The predicted octanol–water partition coefficient (Wildman–Crippen LogP) is 4.09. The number of methoxy groups -OCH3 is 2. The van der Waals surface area contributed by atoms with E-state index in [0.717, 1.165) is 35.3 Å². The number of piperidine rings is 1. The summed E-state index contributed by atoms with van der Waals surface area (Å²) >= 11 is 0. The Balaban J connectivity index is 1.46. The smallest absolute Gasteiger partial charge is 0.243 e. The molecule has 2 saturated heterocycles. The van der Waals surface area contributed by atoms with Crippen molar-refractivity contribution in [2.45, 2.75) is 50.5 Å². The van der Waals surface area contributed by atoms with Crippen molar-refractivity contribution in [2.24, 2.45) is 5.92 Å². The van der Waals surface area contributed by atoms with Gasteiger partial charge in [-0.05, 0) is 63.3 Å². The second kappa shape index (κ2) is 9.96. The van der Waals surface area contributed by atoms with E-state index in [1.807, 2.05) is 49.1 Å². The number of aryl methyl sites for hydroxylation is 2. The maximum atomic E-state index is 13.5. The average molecular weight is 487 g/mol. The predicted molar refractivity (Wildman–Crippen MR) is 131 cm³/mol. The fraction of sp³-hybridized carbons (Fsp3) is 0.500. The highest BCUT2D eigenvalue weighted by Gasteiger charge is 2.38. The number of benzene rings is 2. The van der Waals surface area contributed by atoms with Gasteiger partial charge in [0.15, 0.2) is 0 Å². The minimum atomic E-state index is -3.57. The van der Waals surface area contributed by atoms with Gasteiger partial charge in [0.1, 0.15) is 11.5 Å². The van der Waals surface area contributed by atoms with Crippen LogP contribution < -0.4 is 9.47 Å². The van der Waals surface area contributed by atoms with Crippen LogP contribution in [0.15, 0.2) is 41.3 Å². The lowest BCUT2D eigenvalue weighted by Crippen LogP contribution is -2.44. The highest BCUT2D eigenvalue weighted by molar-refractivity contribution is 7.89. The van der Waals surface area contributed by atoms with E-state index in [2.05, 4.69) is 0 Å². The number of nitrogens with zero attached hydrogens (tertiary/aromatic N) is 2. The molecule has 34 heavy (non-hydrogen) atoms. The van der Waals surface area contributed by atoms with Gasteiger partial charge >= 0.3 is 0 Å². The Morgan fingerprint density at radius 3 is 2.32 bits per heavy atom. The Morgan fingerprint density at radius 2 is 1.68 bits per heavy atom. The van der Waals surface area contributed by atoms with Gasteiger partial charge in [-0.3, -0.25) is 4.79 Å². The number of hydrogen-bond acceptors (Lipinski definition) is 5. The third-order valence-corrected chi connectivity index (χ3v) is 9.15. The first-order valence-electron chi connectivity index (χ1n) is 11.9. The van der Waals surface area contributed by atoms with E-state index in [4.69, 9.17) is 9.47 Å². The van der Waals surface area contributed by atoms with Crippen molar-refractivity contribution in [1.29, 1.82) is 0 Å². The summed E-state index contributed by atoms with van der Waals surface area (Å²) < 4.78 is 38.9. The minimum Gasteiger partial charge on any atom is -0.497 e. The molecule has 2 aliphatic heterocycles. The van der Waals surface area contributed by atoms with Crippen LogP contribution in [0.5, 0.6) is 11.5 Å². The van der Waals surface area contributed by atoms with E-state index >= 15 is 0 Å². The van der Waals surface area contributed by atoms with Crippen LogP contribution in [0.25, 0.3) is 0 Å². The van der Waals surface area contributed by atoms with Crippen molar-refractivity contribution in [3.63, 3.8) is 0 Å². The molecule has 2 aromatic rings. The van der Waals surface area contributed by atoms with Crippen molar-refractivity contribution in [1.82, 2.24) is 9.21 Å². The van der Waals surface area contributed by atoms with Crippen molar-refractivity contribution in [2.75, 3.05) is 33.9 Å². The van der Waals surface area contributed by atoms with Gasteiger partial charge in [0.05, 0.1) is 25.2 Å². The van der Waals surface area contributed by atoms with Crippen LogP contribution in [-0.4, -0.2) is 57.4 Å². The monoisotopic (exact) mass is 486 g/mol. The Hall–Kier alpha value is -2.58. The third kappa shape index (κ3) is 4.66. The highest BCUT2D eigenvalue weighted by atomic mass is 32.2. The zero-order valence-electron chi connectivity index (χ0n) is 20.4. The molecular formula is C26H34N2O5S. The van der Waals surface area contributed by atoms with Crippen molar-refractivity contribution in [3.8, 4) is 11.5 Å². The standard InChI is InChI=1S/C26H34N2O5S/c1-18-7-10-25(19(2)16-18)34(30,31)27-14-11-20(12-15-27)26(29)28-13-5-6-23(28)22-9-8-21(32-3)17-24(22)33-4/h7-10,16-17,20,23H,5-6,11-15H2,1-4H3/t23-/m1/s1. The molecule has 0 N–H and O–H groups in total. The van der Waals surface area contributed by atoms with Crippen molar-refractivity contribution < 1.29 is 22.7 Å². The van der Waals surface area contributed by atoms with Gasteiger partial charge in [-0.25, -0.2) is 8.42 Å². The quantitative estimate of drug-likeness (QED) is 0.615. The zero-order valence-corrected chi connectivity index (χ0v) is 21.2. The molecule has 7 nitrogen and oxygen atoms in total. The first-order chi connectivity index (χ1) is 16.3. The molecule has 2 heterocycles. The fourth-order valence-electron chi connectivity index (χ4n) is 5.25. The maximum absolute atomic E-state index is 13.5. The normalized spacial score (nSPS) is 19.9. The van der Waals surface area contributed by atoms with Crippen LogP contribution >= 0.6 is 0 Å². The summed E-state index contributed by atoms with van der Waals surface area (Å²) in [6.07, 6.45) is 2.89.